The molecule has 2 aromatic rings. The number of thiazole rings is 1. The summed E-state index contributed by atoms with van der Waals surface area (Å²) in [4.78, 5) is 19.7. The molecule has 6 heteroatoms. The maximum Gasteiger partial charge on any atom is 0.258 e. The van der Waals surface area contributed by atoms with Gasteiger partial charge in [0.2, 0.25) is 0 Å². The van der Waals surface area contributed by atoms with Crippen LogP contribution in [-0.4, -0.2) is 37.9 Å². The summed E-state index contributed by atoms with van der Waals surface area (Å²) in [7, 11) is 0. The summed E-state index contributed by atoms with van der Waals surface area (Å²) in [5, 5.41) is 2.54. The molecule has 2 unspecified atom stereocenters. The van der Waals surface area contributed by atoms with Gasteiger partial charge in [-0.1, -0.05) is 6.92 Å². The van der Waals surface area contributed by atoms with E-state index >= 15 is 0 Å². The Bertz CT molecular complexity index is 636. The second kappa shape index (κ2) is 5.26. The third kappa shape index (κ3) is 2.57. The van der Waals surface area contributed by atoms with Crippen molar-refractivity contribution in [2.24, 2.45) is 0 Å². The van der Waals surface area contributed by atoms with E-state index in [0.29, 0.717) is 11.3 Å². The fourth-order valence-electron chi connectivity index (χ4n) is 2.40. The summed E-state index contributed by atoms with van der Waals surface area (Å²) < 4.78 is 1.60. The molecule has 4 nitrogen and oxygen atoms in total. The minimum absolute atomic E-state index is 0.0216. The molecule has 19 heavy (non-hydrogen) atoms. The highest BCUT2D eigenvalue weighted by Crippen LogP contribution is 2.25. The van der Waals surface area contributed by atoms with Gasteiger partial charge in [-0.3, -0.25) is 14.1 Å². The van der Waals surface area contributed by atoms with Gasteiger partial charge in [0, 0.05) is 47.8 Å². The molecule has 0 spiro atoms. The fourth-order valence-corrected chi connectivity index (χ4v) is 4.30. The lowest BCUT2D eigenvalue weighted by molar-refractivity contribution is 0.202. The molecule has 0 amide bonds. The standard InChI is InChI=1S/C13H17N3OS2/c1-9-10(2)18-5-3-15(9)8-11-7-12(17)16-4-6-19-13(16)14-11/h4,6-7,9-10H,3,5,8H2,1-2H3. The fraction of sp³-hybridized carbons (Fsp3) is 0.538. The summed E-state index contributed by atoms with van der Waals surface area (Å²) >= 11 is 3.53. The van der Waals surface area contributed by atoms with E-state index in [2.05, 4.69) is 23.7 Å². The predicted octanol–water partition coefficient (Wildman–Crippen LogP) is 2.08. The molecule has 1 fully saturated rings. The van der Waals surface area contributed by atoms with Gasteiger partial charge in [0.05, 0.1) is 5.69 Å². The lowest BCUT2D eigenvalue weighted by atomic mass is 10.2. The molecule has 0 N–H and O–H groups in total. The Balaban J connectivity index is 1.86. The predicted molar refractivity (Wildman–Crippen MR) is 81.1 cm³/mol. The normalized spacial score (nSPS) is 24.9. The summed E-state index contributed by atoms with van der Waals surface area (Å²) in [6.07, 6.45) is 1.78. The van der Waals surface area contributed by atoms with Crippen molar-refractivity contribution in [1.29, 1.82) is 0 Å². The summed E-state index contributed by atoms with van der Waals surface area (Å²) in [5.41, 5.74) is 0.909. The van der Waals surface area contributed by atoms with Crippen LogP contribution in [0.25, 0.3) is 4.96 Å². The number of hydrogen-bond acceptors (Lipinski definition) is 5. The molecule has 0 radical (unpaired) electrons. The number of nitrogens with zero attached hydrogens (tertiary/aromatic N) is 3. The first kappa shape index (κ1) is 13.1. The Morgan fingerprint density at radius 1 is 1.47 bits per heavy atom. The van der Waals surface area contributed by atoms with E-state index in [1.807, 2.05) is 17.1 Å². The minimum atomic E-state index is 0.0216. The third-order valence-electron chi connectivity index (χ3n) is 3.74. The highest BCUT2D eigenvalue weighted by Gasteiger charge is 2.25. The molecule has 0 aliphatic carbocycles. The van der Waals surface area contributed by atoms with Crippen molar-refractivity contribution in [2.45, 2.75) is 31.7 Å². The molecule has 2 atom stereocenters. The average molecular weight is 295 g/mol. The van der Waals surface area contributed by atoms with Crippen molar-refractivity contribution in [3.63, 3.8) is 0 Å². The second-order valence-corrected chi connectivity index (χ2v) is 7.29. The van der Waals surface area contributed by atoms with Crippen LogP contribution in [0.3, 0.4) is 0 Å². The van der Waals surface area contributed by atoms with E-state index in [9.17, 15) is 4.79 Å². The van der Waals surface area contributed by atoms with Gasteiger partial charge in [-0.05, 0) is 6.92 Å². The number of hydrogen-bond donors (Lipinski definition) is 0. The first-order valence-electron chi connectivity index (χ1n) is 6.46. The summed E-state index contributed by atoms with van der Waals surface area (Å²) in [5.74, 6) is 1.16. The van der Waals surface area contributed by atoms with E-state index in [0.717, 1.165) is 29.5 Å². The van der Waals surface area contributed by atoms with Gasteiger partial charge in [0.15, 0.2) is 4.96 Å². The van der Waals surface area contributed by atoms with Gasteiger partial charge in [-0.15, -0.1) is 11.3 Å². The number of rotatable bonds is 2. The Hall–Kier alpha value is -0.850. The van der Waals surface area contributed by atoms with Crippen molar-refractivity contribution in [3.8, 4) is 0 Å². The molecule has 1 aliphatic rings. The van der Waals surface area contributed by atoms with Crippen LogP contribution >= 0.6 is 23.1 Å². The first-order chi connectivity index (χ1) is 9.15. The zero-order chi connectivity index (χ0) is 13.4. The van der Waals surface area contributed by atoms with E-state index in [-0.39, 0.29) is 5.56 Å². The minimum Gasteiger partial charge on any atom is -0.293 e. The third-order valence-corrected chi connectivity index (χ3v) is 5.83. The second-order valence-electron chi connectivity index (χ2n) is 4.93. The molecule has 3 heterocycles. The van der Waals surface area contributed by atoms with Crippen LogP contribution in [-0.2, 0) is 6.54 Å². The Morgan fingerprint density at radius 3 is 3.16 bits per heavy atom. The number of thioether (sulfide) groups is 1. The van der Waals surface area contributed by atoms with Gasteiger partial charge in [-0.2, -0.15) is 11.8 Å². The van der Waals surface area contributed by atoms with Crippen LogP contribution < -0.4 is 5.56 Å². The van der Waals surface area contributed by atoms with Gasteiger partial charge in [-0.25, -0.2) is 4.98 Å². The van der Waals surface area contributed by atoms with Gasteiger partial charge in [0.1, 0.15) is 0 Å². The van der Waals surface area contributed by atoms with Crippen LogP contribution in [0.5, 0.6) is 0 Å². The summed E-state index contributed by atoms with van der Waals surface area (Å²) in [6.45, 7) is 6.37. The largest absolute Gasteiger partial charge is 0.293 e. The SMILES string of the molecule is CC1SCCN(Cc2cc(=O)n3ccsc3n2)C1C. The molecule has 1 saturated heterocycles. The molecule has 1 aliphatic heterocycles. The van der Waals surface area contributed by atoms with Crippen LogP contribution in [0, 0.1) is 0 Å². The maximum absolute atomic E-state index is 12.0. The van der Waals surface area contributed by atoms with Crippen LogP contribution in [0.4, 0.5) is 0 Å². The van der Waals surface area contributed by atoms with E-state index in [4.69, 9.17) is 0 Å². The molecule has 2 aromatic heterocycles. The Labute approximate surface area is 120 Å². The Morgan fingerprint density at radius 2 is 2.32 bits per heavy atom. The highest BCUT2D eigenvalue weighted by molar-refractivity contribution is 8.00. The van der Waals surface area contributed by atoms with Crippen molar-refractivity contribution in [2.75, 3.05) is 12.3 Å². The zero-order valence-corrected chi connectivity index (χ0v) is 12.7. The van der Waals surface area contributed by atoms with Crippen molar-refractivity contribution in [1.82, 2.24) is 14.3 Å². The van der Waals surface area contributed by atoms with Crippen LogP contribution in [0.2, 0.25) is 0 Å². The van der Waals surface area contributed by atoms with Crippen LogP contribution in [0.15, 0.2) is 22.4 Å². The quantitative estimate of drug-likeness (QED) is 0.850. The topological polar surface area (TPSA) is 37.6 Å². The highest BCUT2D eigenvalue weighted by atomic mass is 32.2. The lowest BCUT2D eigenvalue weighted by Gasteiger charge is -2.37. The molecular weight excluding hydrogens is 278 g/mol. The molecule has 102 valence electrons. The van der Waals surface area contributed by atoms with Crippen molar-refractivity contribution >= 4 is 28.1 Å². The van der Waals surface area contributed by atoms with Crippen molar-refractivity contribution in [3.05, 3.63) is 33.7 Å². The van der Waals surface area contributed by atoms with E-state index in [1.165, 1.54) is 11.3 Å². The summed E-state index contributed by atoms with van der Waals surface area (Å²) in [6, 6.07) is 2.20. The smallest absolute Gasteiger partial charge is 0.258 e. The van der Waals surface area contributed by atoms with Gasteiger partial charge in [0.25, 0.3) is 5.56 Å². The monoisotopic (exact) mass is 295 g/mol. The Kier molecular flexibility index (Phi) is 3.64. The zero-order valence-electron chi connectivity index (χ0n) is 11.1. The maximum atomic E-state index is 12.0. The molecule has 0 bridgehead atoms. The van der Waals surface area contributed by atoms with Crippen molar-refractivity contribution < 1.29 is 0 Å². The van der Waals surface area contributed by atoms with Gasteiger partial charge >= 0.3 is 0 Å². The molecular formula is C13H17N3OS2. The molecule has 3 rings (SSSR count). The van der Waals surface area contributed by atoms with E-state index < -0.39 is 0 Å². The average Bonchev–Trinajstić information content (AvgIpc) is 2.84. The lowest BCUT2D eigenvalue weighted by Crippen LogP contribution is -2.44. The first-order valence-corrected chi connectivity index (χ1v) is 8.39. The molecule has 0 aromatic carbocycles. The van der Waals surface area contributed by atoms with E-state index in [1.54, 1.807) is 16.7 Å². The number of aromatic nitrogens is 2. The van der Waals surface area contributed by atoms with Crippen LogP contribution in [0.1, 0.15) is 19.5 Å². The van der Waals surface area contributed by atoms with Gasteiger partial charge < -0.3 is 0 Å². The number of fused-ring (bicyclic) bond motifs is 1. The molecule has 0 saturated carbocycles.